The summed E-state index contributed by atoms with van der Waals surface area (Å²) in [5.41, 5.74) is 4.48. The summed E-state index contributed by atoms with van der Waals surface area (Å²) in [6, 6.07) is 21.6. The Morgan fingerprint density at radius 2 is 1.60 bits per heavy atom. The number of aliphatic carboxylic acids is 1. The van der Waals surface area contributed by atoms with Gasteiger partial charge in [0.1, 0.15) is 48.8 Å². The van der Waals surface area contributed by atoms with Crippen molar-refractivity contribution in [2.24, 2.45) is 16.2 Å². The van der Waals surface area contributed by atoms with E-state index in [4.69, 9.17) is 38.5 Å². The summed E-state index contributed by atoms with van der Waals surface area (Å²) >= 11 is 1.41. The number of fused-ring (bicyclic) bond motifs is 2. The Morgan fingerprint density at radius 3 is 2.35 bits per heavy atom. The van der Waals surface area contributed by atoms with Crippen LogP contribution in [0.5, 0.6) is 11.5 Å². The molecule has 4 saturated carbocycles. The number of unbranched alkanes of at least 4 members (excludes halogenated alkanes) is 2. The largest absolute Gasteiger partial charge is 0.491 e. The van der Waals surface area contributed by atoms with E-state index in [2.05, 4.69) is 29.5 Å². The molecule has 2 unspecified atom stereocenters. The number of rotatable bonds is 29. The van der Waals surface area contributed by atoms with Crippen LogP contribution in [0, 0.1) is 23.2 Å². The number of hydrogen-bond acceptors (Lipinski definition) is 21. The number of hydrogen-bond donors (Lipinski definition) is 7. The van der Waals surface area contributed by atoms with Crippen molar-refractivity contribution in [2.75, 3.05) is 69.9 Å². The van der Waals surface area contributed by atoms with E-state index in [0.717, 1.165) is 65.6 Å². The molecule has 7 aliphatic rings. The number of nitrogens with zero attached hydrogens (tertiary/aromatic N) is 7. The zero-order chi connectivity index (χ0) is 70.0. The average Bonchev–Trinajstić information content (AvgIpc) is 0.802. The number of imide groups is 1. The molecule has 526 valence electrons. The molecular weight excluding hydrogens is 1300 g/mol. The first-order valence-corrected chi connectivity index (χ1v) is 34.2. The SMILES string of the molecule is Cc1c(-c2ccc(N3CCc4cccc(C(=O)Nc5nc6ccccc6s5)c4C3)nc2C(=O)O)cnn1CC12CC3(C)CC(C)(C1)CC(OCCN(C)C(=O)OCc1ccc(OCCOCCNC(=O)CCCCCN4C(=O)C=CC4=O)cc1O[C@@H]1O[C@H](C(=O)O)[C@@H](O)[C@H](O)[C@H]1O)(C3)C2. The van der Waals surface area contributed by atoms with Crippen molar-refractivity contribution in [1.82, 2.24) is 34.9 Å². The fourth-order valence-electron chi connectivity index (χ4n) is 16.3. The van der Waals surface area contributed by atoms with Gasteiger partial charge in [0.2, 0.25) is 12.2 Å². The first kappa shape index (κ1) is 70.0. The lowest BCUT2D eigenvalue weighted by molar-refractivity contribution is -0.271. The first-order valence-electron chi connectivity index (χ1n) is 33.4. The molecule has 1 saturated heterocycles. The molecule has 6 aromatic rings. The highest BCUT2D eigenvalue weighted by atomic mass is 32.1. The Balaban J connectivity index is 0.646. The third-order valence-corrected chi connectivity index (χ3v) is 20.8. The van der Waals surface area contributed by atoms with Crippen molar-refractivity contribution in [3.05, 3.63) is 125 Å². The van der Waals surface area contributed by atoms with Crippen LogP contribution in [0.25, 0.3) is 21.3 Å². The van der Waals surface area contributed by atoms with E-state index in [-0.39, 0.29) is 115 Å². The third-order valence-electron chi connectivity index (χ3n) is 19.8. The van der Waals surface area contributed by atoms with Crippen LogP contribution in [-0.2, 0) is 64.2 Å². The Labute approximate surface area is 575 Å². The second kappa shape index (κ2) is 29.1. The number of benzene rings is 3. The number of amides is 5. The second-order valence-electron chi connectivity index (χ2n) is 27.8. The highest BCUT2D eigenvalue weighted by Gasteiger charge is 2.66. The summed E-state index contributed by atoms with van der Waals surface area (Å²) in [6.45, 7) is 9.02. The van der Waals surface area contributed by atoms with Crippen LogP contribution in [0.15, 0.2) is 91.1 Å². The molecule has 27 nitrogen and oxygen atoms in total. The average molecular weight is 1380 g/mol. The van der Waals surface area contributed by atoms with Crippen molar-refractivity contribution in [3.63, 3.8) is 0 Å². The number of carbonyl (C=O) groups is 7. The Hall–Kier alpha value is -8.90. The highest BCUT2D eigenvalue weighted by Crippen LogP contribution is 2.72. The fourth-order valence-corrected chi connectivity index (χ4v) is 17.2. The van der Waals surface area contributed by atoms with Gasteiger partial charge in [-0.3, -0.25) is 34.1 Å². The van der Waals surface area contributed by atoms with Crippen molar-refractivity contribution >= 4 is 74.2 Å². The quantitative estimate of drug-likeness (QED) is 0.0183. The Morgan fingerprint density at radius 1 is 0.818 bits per heavy atom. The van der Waals surface area contributed by atoms with Crippen LogP contribution in [-0.4, -0.2) is 193 Å². The van der Waals surface area contributed by atoms with Crippen molar-refractivity contribution < 1.29 is 87.5 Å². The summed E-state index contributed by atoms with van der Waals surface area (Å²) in [5.74, 6) is -3.23. The number of aliphatic hydroxyl groups is 3. The van der Waals surface area contributed by atoms with Crippen LogP contribution in [0.1, 0.15) is 121 Å². The Bertz CT molecular complexity index is 4030. The number of likely N-dealkylation sites (N-methyl/N-ethyl adjacent to an activating group) is 1. The van der Waals surface area contributed by atoms with Gasteiger partial charge in [0.15, 0.2) is 16.9 Å². The van der Waals surface area contributed by atoms with Gasteiger partial charge in [-0.2, -0.15) is 5.10 Å². The van der Waals surface area contributed by atoms with E-state index in [1.54, 1.807) is 31.4 Å². The standard InChI is InChI=1S/C71H83N9O18S/c1-42-48(46-18-19-53(75-57(46)63(88)89)78-25-22-43-11-10-12-47(49(43)33-78)62(87)76-66-74-50-13-7-8-14-52(50)99-66)32-73-80(42)41-70-36-68(2)35-69(3,37-70)39-71(38-68,40-70)96-28-26-77(4)67(92)95-34-44-16-17-45(31-51(44)97-65-60(86)58(84)59(85)61(98-65)64(90)91)94-30-29-93-27-23-72-54(81)15-6-5-9-24-79-55(82)20-21-56(79)83/h7-8,10-14,16-21,31-32,58-61,65,84-86H,5-6,9,15,22-30,33-41H2,1-4H3,(H,72,81)(H,88,89)(H,90,91)(H,74,76,87)/t58-,59-,60+,61-,65+,68?,69?,70?,71?/m0/s1. The number of aromatic nitrogens is 4. The predicted molar refractivity (Wildman–Crippen MR) is 359 cm³/mol. The van der Waals surface area contributed by atoms with E-state index in [9.17, 15) is 59.1 Å². The van der Waals surface area contributed by atoms with E-state index >= 15 is 0 Å². The molecule has 3 aromatic heterocycles. The van der Waals surface area contributed by atoms with E-state index in [1.807, 2.05) is 59.0 Å². The van der Waals surface area contributed by atoms with Crippen LogP contribution in [0.2, 0.25) is 0 Å². The van der Waals surface area contributed by atoms with Gasteiger partial charge in [0, 0.05) is 98.9 Å². The molecule has 3 aromatic carbocycles. The number of carboxylic acids is 2. The maximum atomic E-state index is 13.8. The molecule has 99 heavy (non-hydrogen) atoms. The summed E-state index contributed by atoms with van der Waals surface area (Å²) in [4.78, 5) is 102. The number of thiazole rings is 1. The minimum atomic E-state index is -1.97. The number of carboxylic acid groups (broad SMARTS) is 2. The number of para-hydroxylation sites is 1. The Kier molecular flexibility index (Phi) is 20.6. The van der Waals surface area contributed by atoms with Crippen molar-refractivity contribution in [2.45, 2.75) is 147 Å². The van der Waals surface area contributed by atoms with Gasteiger partial charge in [0.25, 0.3) is 17.7 Å². The topological polar surface area (TPSA) is 353 Å². The molecule has 3 aliphatic heterocycles. The van der Waals surface area contributed by atoms with Gasteiger partial charge >= 0.3 is 18.0 Å². The molecule has 28 heteroatoms. The first-order chi connectivity index (χ1) is 47.4. The van der Waals surface area contributed by atoms with Crippen LogP contribution in [0.3, 0.4) is 0 Å². The zero-order valence-corrected chi connectivity index (χ0v) is 56.5. The molecule has 13 rings (SSSR count). The predicted octanol–water partition coefficient (Wildman–Crippen LogP) is 7.05. The van der Waals surface area contributed by atoms with E-state index in [1.165, 1.54) is 45.4 Å². The monoisotopic (exact) mass is 1380 g/mol. The molecule has 7 atom stereocenters. The maximum Gasteiger partial charge on any atom is 0.409 e. The van der Waals surface area contributed by atoms with Gasteiger partial charge in [-0.15, -0.1) is 0 Å². The molecule has 5 fully saturated rings. The number of anilines is 2. The summed E-state index contributed by atoms with van der Waals surface area (Å²) < 4.78 is 38.7. The molecule has 7 N–H and O–H groups in total. The van der Waals surface area contributed by atoms with Crippen LogP contribution >= 0.6 is 11.3 Å². The number of aromatic carboxylic acids is 1. The number of carbonyl (C=O) groups excluding carboxylic acids is 5. The smallest absolute Gasteiger partial charge is 0.409 e. The third kappa shape index (κ3) is 15.6. The highest BCUT2D eigenvalue weighted by molar-refractivity contribution is 7.22. The van der Waals surface area contributed by atoms with Gasteiger partial charge in [0.05, 0.1) is 41.8 Å². The number of ether oxygens (including phenoxy) is 6. The second-order valence-corrected chi connectivity index (χ2v) is 28.9. The summed E-state index contributed by atoms with van der Waals surface area (Å²) in [7, 11) is 1.59. The van der Waals surface area contributed by atoms with Gasteiger partial charge < -0.3 is 69.1 Å². The van der Waals surface area contributed by atoms with Gasteiger partial charge in [-0.1, -0.05) is 55.9 Å². The zero-order valence-electron chi connectivity index (χ0n) is 55.7. The van der Waals surface area contributed by atoms with Crippen LogP contribution < -0.4 is 25.0 Å². The number of aliphatic hydroxyl groups excluding tert-OH is 3. The normalized spacial score (nSPS) is 25.2. The molecule has 6 heterocycles. The summed E-state index contributed by atoms with van der Waals surface area (Å²) in [6.07, 6.45) is 2.06. The molecule has 4 bridgehead atoms. The molecular formula is C71H83N9O18S. The number of nitrogens with one attached hydrogen (secondary N) is 2. The lowest BCUT2D eigenvalue weighted by Crippen LogP contribution is -2.64. The minimum Gasteiger partial charge on any atom is -0.491 e. The summed E-state index contributed by atoms with van der Waals surface area (Å²) in [5, 5.41) is 63.5. The molecule has 5 amide bonds. The molecule has 0 radical (unpaired) electrons. The molecule has 4 aliphatic carbocycles. The van der Waals surface area contributed by atoms with Crippen molar-refractivity contribution in [3.8, 4) is 22.6 Å². The fraction of sp³-hybridized carbons (Fsp3) is 0.493. The number of pyridine rings is 1. The minimum absolute atomic E-state index is 0.0376. The van der Waals surface area contributed by atoms with Gasteiger partial charge in [-0.05, 0) is 135 Å². The van der Waals surface area contributed by atoms with E-state index < -0.39 is 54.3 Å². The molecule has 0 spiro atoms. The lowest BCUT2D eigenvalue weighted by atomic mass is 9.39. The lowest BCUT2D eigenvalue weighted by Gasteiger charge is -2.69. The van der Waals surface area contributed by atoms with E-state index in [0.29, 0.717) is 79.5 Å². The maximum absolute atomic E-state index is 13.8. The van der Waals surface area contributed by atoms with Crippen LogP contribution in [0.4, 0.5) is 15.7 Å². The van der Waals surface area contributed by atoms with Crippen molar-refractivity contribution in [1.29, 1.82) is 0 Å². The van der Waals surface area contributed by atoms with Gasteiger partial charge in [-0.25, -0.2) is 24.4 Å².